The molecular weight excluding hydrogens is 268 g/mol. The lowest BCUT2D eigenvalue weighted by atomic mass is 10.1. The van der Waals surface area contributed by atoms with Crippen molar-refractivity contribution in [2.45, 2.75) is 0 Å². The number of aromatic nitrogens is 2. The fourth-order valence-corrected chi connectivity index (χ4v) is 3.35. The Labute approximate surface area is 127 Å². The quantitative estimate of drug-likeness (QED) is 0.432. The van der Waals surface area contributed by atoms with Crippen molar-refractivity contribution in [2.75, 3.05) is 0 Å². The van der Waals surface area contributed by atoms with Crippen LogP contribution < -0.4 is 0 Å². The van der Waals surface area contributed by atoms with Crippen LogP contribution >= 0.6 is 0 Å². The number of hydrogen-bond acceptors (Lipinski definition) is 0. The SMILES string of the molecule is c1ccc(-n2ccc3ccc4c5ccccc5[nH]c4c32)cc1. The Morgan fingerprint density at radius 3 is 2.41 bits per heavy atom. The first-order valence-corrected chi connectivity index (χ1v) is 7.48. The maximum Gasteiger partial charge on any atom is 0.0771 e. The first-order valence-electron chi connectivity index (χ1n) is 7.48. The molecule has 2 heterocycles. The molecule has 2 heteroatoms. The molecule has 0 unspecified atom stereocenters. The van der Waals surface area contributed by atoms with Crippen LogP contribution in [0.15, 0.2) is 79.0 Å². The van der Waals surface area contributed by atoms with Gasteiger partial charge in [-0.1, -0.05) is 48.5 Å². The summed E-state index contributed by atoms with van der Waals surface area (Å²) < 4.78 is 2.26. The molecule has 5 aromatic rings. The van der Waals surface area contributed by atoms with Crippen molar-refractivity contribution in [3.63, 3.8) is 0 Å². The van der Waals surface area contributed by atoms with E-state index in [0.717, 1.165) is 0 Å². The van der Waals surface area contributed by atoms with Crippen LogP contribution in [0.2, 0.25) is 0 Å². The van der Waals surface area contributed by atoms with E-state index in [9.17, 15) is 0 Å². The average Bonchev–Trinajstić information content (AvgIpc) is 3.16. The molecule has 0 fully saturated rings. The zero-order valence-corrected chi connectivity index (χ0v) is 12.0. The molecule has 0 saturated carbocycles. The van der Waals surface area contributed by atoms with Crippen LogP contribution in [0.25, 0.3) is 38.4 Å². The summed E-state index contributed by atoms with van der Waals surface area (Å²) in [6.45, 7) is 0. The molecule has 22 heavy (non-hydrogen) atoms. The van der Waals surface area contributed by atoms with Crippen LogP contribution in [0.5, 0.6) is 0 Å². The second-order valence-electron chi connectivity index (χ2n) is 5.62. The van der Waals surface area contributed by atoms with Gasteiger partial charge in [-0.3, -0.25) is 0 Å². The Hall–Kier alpha value is -3.00. The monoisotopic (exact) mass is 282 g/mol. The van der Waals surface area contributed by atoms with Gasteiger partial charge in [0.15, 0.2) is 0 Å². The van der Waals surface area contributed by atoms with Gasteiger partial charge < -0.3 is 9.55 Å². The molecule has 3 aromatic carbocycles. The third-order valence-corrected chi connectivity index (χ3v) is 4.36. The molecule has 2 aromatic heterocycles. The van der Waals surface area contributed by atoms with E-state index in [1.54, 1.807) is 0 Å². The number of fused-ring (bicyclic) bond motifs is 5. The van der Waals surface area contributed by atoms with Crippen molar-refractivity contribution in [3.8, 4) is 5.69 Å². The molecule has 2 nitrogen and oxygen atoms in total. The van der Waals surface area contributed by atoms with E-state index in [1.807, 2.05) is 6.07 Å². The summed E-state index contributed by atoms with van der Waals surface area (Å²) in [5.41, 5.74) is 4.81. The van der Waals surface area contributed by atoms with Gasteiger partial charge in [0.25, 0.3) is 0 Å². The maximum absolute atomic E-state index is 3.60. The lowest BCUT2D eigenvalue weighted by molar-refractivity contribution is 1.13. The number of para-hydroxylation sites is 2. The van der Waals surface area contributed by atoms with Gasteiger partial charge in [-0.05, 0) is 24.3 Å². The van der Waals surface area contributed by atoms with E-state index >= 15 is 0 Å². The minimum Gasteiger partial charge on any atom is -0.353 e. The number of nitrogens with one attached hydrogen (secondary N) is 1. The van der Waals surface area contributed by atoms with Crippen LogP contribution in [0.3, 0.4) is 0 Å². The largest absolute Gasteiger partial charge is 0.353 e. The van der Waals surface area contributed by atoms with Gasteiger partial charge in [0, 0.05) is 33.6 Å². The van der Waals surface area contributed by atoms with E-state index in [2.05, 4.69) is 82.5 Å². The molecule has 104 valence electrons. The van der Waals surface area contributed by atoms with Crippen molar-refractivity contribution < 1.29 is 0 Å². The Morgan fingerprint density at radius 1 is 0.682 bits per heavy atom. The topological polar surface area (TPSA) is 20.7 Å². The number of aromatic amines is 1. The molecule has 0 aliphatic carbocycles. The summed E-state index contributed by atoms with van der Waals surface area (Å²) in [6, 6.07) is 25.6. The third kappa shape index (κ3) is 1.49. The fourth-order valence-electron chi connectivity index (χ4n) is 3.35. The normalized spacial score (nSPS) is 11.6. The van der Waals surface area contributed by atoms with Crippen molar-refractivity contribution >= 4 is 32.7 Å². The molecule has 1 N–H and O–H groups in total. The fraction of sp³-hybridized carbons (Fsp3) is 0. The predicted octanol–water partition coefficient (Wildman–Crippen LogP) is 5.27. The maximum atomic E-state index is 3.60. The van der Waals surface area contributed by atoms with Gasteiger partial charge in [0.1, 0.15) is 0 Å². The van der Waals surface area contributed by atoms with Crippen molar-refractivity contribution in [1.29, 1.82) is 0 Å². The van der Waals surface area contributed by atoms with Gasteiger partial charge in [0.05, 0.1) is 11.0 Å². The summed E-state index contributed by atoms with van der Waals surface area (Å²) in [4.78, 5) is 3.60. The van der Waals surface area contributed by atoms with Crippen LogP contribution in [0.4, 0.5) is 0 Å². The highest BCUT2D eigenvalue weighted by Gasteiger charge is 2.11. The van der Waals surface area contributed by atoms with Crippen molar-refractivity contribution in [3.05, 3.63) is 79.0 Å². The van der Waals surface area contributed by atoms with E-state index in [-0.39, 0.29) is 0 Å². The molecule has 0 bridgehead atoms. The smallest absolute Gasteiger partial charge is 0.0771 e. The Kier molecular flexibility index (Phi) is 2.25. The molecular formula is C20H14N2. The summed E-state index contributed by atoms with van der Waals surface area (Å²) in [7, 11) is 0. The van der Waals surface area contributed by atoms with E-state index in [4.69, 9.17) is 0 Å². The minimum absolute atomic E-state index is 1.18. The molecule has 0 aliphatic rings. The van der Waals surface area contributed by atoms with E-state index in [0.29, 0.717) is 0 Å². The first kappa shape index (κ1) is 11.6. The van der Waals surface area contributed by atoms with Crippen LogP contribution in [0.1, 0.15) is 0 Å². The van der Waals surface area contributed by atoms with Gasteiger partial charge in [-0.25, -0.2) is 0 Å². The Morgan fingerprint density at radius 2 is 1.50 bits per heavy atom. The number of H-pyrrole nitrogens is 1. The lowest BCUT2D eigenvalue weighted by Gasteiger charge is -2.06. The van der Waals surface area contributed by atoms with Crippen LogP contribution in [-0.4, -0.2) is 9.55 Å². The number of hydrogen-bond donors (Lipinski definition) is 1. The van der Waals surface area contributed by atoms with E-state index in [1.165, 1.54) is 38.4 Å². The zero-order chi connectivity index (χ0) is 14.5. The highest BCUT2D eigenvalue weighted by Crippen LogP contribution is 2.32. The molecule has 0 aliphatic heterocycles. The second-order valence-corrected chi connectivity index (χ2v) is 5.62. The summed E-state index contributed by atoms with van der Waals surface area (Å²) in [6.07, 6.45) is 2.14. The van der Waals surface area contributed by atoms with Gasteiger partial charge in [0.2, 0.25) is 0 Å². The van der Waals surface area contributed by atoms with Crippen LogP contribution in [0, 0.1) is 0 Å². The first-order chi connectivity index (χ1) is 10.9. The third-order valence-electron chi connectivity index (χ3n) is 4.36. The molecule has 5 rings (SSSR count). The standard InChI is InChI=1S/C20H14N2/c1-2-6-15(7-3-1)22-13-12-14-10-11-17-16-8-4-5-9-18(16)21-19(17)20(14)22/h1-13,21H. The van der Waals surface area contributed by atoms with Crippen molar-refractivity contribution in [2.24, 2.45) is 0 Å². The number of benzene rings is 3. The minimum atomic E-state index is 1.18. The lowest BCUT2D eigenvalue weighted by Crippen LogP contribution is -1.91. The Balaban J connectivity index is 1.97. The number of rotatable bonds is 1. The zero-order valence-electron chi connectivity index (χ0n) is 12.0. The summed E-state index contributed by atoms with van der Waals surface area (Å²) in [5, 5.41) is 3.81. The van der Waals surface area contributed by atoms with Gasteiger partial charge in [-0.2, -0.15) is 0 Å². The average molecular weight is 282 g/mol. The van der Waals surface area contributed by atoms with Gasteiger partial charge >= 0.3 is 0 Å². The molecule has 0 atom stereocenters. The highest BCUT2D eigenvalue weighted by atomic mass is 15.0. The molecule has 0 radical (unpaired) electrons. The predicted molar refractivity (Wildman–Crippen MR) is 92.6 cm³/mol. The molecule has 0 spiro atoms. The van der Waals surface area contributed by atoms with Crippen molar-refractivity contribution in [1.82, 2.24) is 9.55 Å². The van der Waals surface area contributed by atoms with E-state index < -0.39 is 0 Å². The number of nitrogens with zero attached hydrogens (tertiary/aromatic N) is 1. The second kappa shape index (κ2) is 4.25. The highest BCUT2D eigenvalue weighted by molar-refractivity contribution is 6.16. The summed E-state index contributed by atoms with van der Waals surface area (Å²) >= 11 is 0. The van der Waals surface area contributed by atoms with Gasteiger partial charge in [-0.15, -0.1) is 0 Å². The Bertz CT molecular complexity index is 1110. The van der Waals surface area contributed by atoms with Crippen LogP contribution in [-0.2, 0) is 0 Å². The molecule has 0 saturated heterocycles. The summed E-state index contributed by atoms with van der Waals surface area (Å²) in [5.74, 6) is 0. The molecule has 0 amide bonds.